The molecule has 3 fully saturated rings. The van der Waals surface area contributed by atoms with E-state index in [0.717, 1.165) is 54.8 Å². The Balaban J connectivity index is 1.12. The van der Waals surface area contributed by atoms with Crippen LogP contribution in [-0.2, 0) is 16.1 Å². The van der Waals surface area contributed by atoms with Crippen molar-refractivity contribution in [2.75, 3.05) is 13.1 Å². The van der Waals surface area contributed by atoms with Crippen molar-refractivity contribution in [2.24, 2.45) is 0 Å². The maximum atomic E-state index is 13.0. The normalized spacial score (nSPS) is 26.3. The predicted octanol–water partition coefficient (Wildman–Crippen LogP) is 3.11. The Morgan fingerprint density at radius 3 is 2.62 bits per heavy atom. The Morgan fingerprint density at radius 1 is 1.00 bits per heavy atom. The molecule has 0 radical (unpaired) electrons. The van der Waals surface area contributed by atoms with Gasteiger partial charge in [0.2, 0.25) is 11.8 Å². The van der Waals surface area contributed by atoms with Crippen molar-refractivity contribution in [3.8, 4) is 11.8 Å². The number of fused-ring (bicyclic) bond motifs is 1. The minimum absolute atomic E-state index is 0.0716. The molecular weight excluding hydrogens is 468 g/mol. The lowest BCUT2D eigenvalue weighted by atomic mass is 9.83. The second-order valence-electron chi connectivity index (χ2n) is 10.6. The van der Waals surface area contributed by atoms with Crippen LogP contribution in [0.15, 0.2) is 42.5 Å². The molecule has 0 aromatic heterocycles. The standard InChI is InChI=1S/C29H30N4O4/c30-14-18-5-1-2-6-22(18)20-15-32(16-20)24-7-3-4-8-26(24)37-21-9-10-23-19(13-21)17-33(29(23)36)25-11-12-27(34)31-28(25)35/h1-2,5-6,9-10,13,20,24-26H,3-4,7-8,11-12,15-17H2,(H,31,34,35)/t24-,25-,26-/m1/s1. The number of carbonyl (C=O) groups is 3. The molecule has 4 aliphatic rings. The topological polar surface area (TPSA) is 103 Å². The van der Waals surface area contributed by atoms with Gasteiger partial charge in [-0.1, -0.05) is 24.6 Å². The third kappa shape index (κ3) is 4.38. The number of rotatable bonds is 5. The van der Waals surface area contributed by atoms with Crippen LogP contribution in [0.2, 0.25) is 0 Å². The molecule has 37 heavy (non-hydrogen) atoms. The van der Waals surface area contributed by atoms with E-state index in [1.165, 1.54) is 6.42 Å². The molecule has 3 heterocycles. The van der Waals surface area contributed by atoms with Gasteiger partial charge in [-0.05, 0) is 61.1 Å². The zero-order chi connectivity index (χ0) is 25.5. The van der Waals surface area contributed by atoms with E-state index in [-0.39, 0.29) is 24.3 Å². The van der Waals surface area contributed by atoms with E-state index >= 15 is 0 Å². The van der Waals surface area contributed by atoms with Gasteiger partial charge in [-0.15, -0.1) is 0 Å². The van der Waals surface area contributed by atoms with Crippen molar-refractivity contribution >= 4 is 17.7 Å². The minimum Gasteiger partial charge on any atom is -0.489 e. The number of nitrogens with one attached hydrogen (secondary N) is 1. The minimum atomic E-state index is -0.616. The van der Waals surface area contributed by atoms with Crippen LogP contribution < -0.4 is 10.1 Å². The first-order valence-electron chi connectivity index (χ1n) is 13.2. The number of nitriles is 1. The zero-order valence-corrected chi connectivity index (χ0v) is 20.7. The Kier molecular flexibility index (Phi) is 6.17. The number of hydrogen-bond donors (Lipinski definition) is 1. The predicted molar refractivity (Wildman–Crippen MR) is 135 cm³/mol. The van der Waals surface area contributed by atoms with E-state index in [2.05, 4.69) is 22.4 Å². The molecule has 2 aromatic rings. The number of ether oxygens (including phenoxy) is 1. The summed E-state index contributed by atoms with van der Waals surface area (Å²) in [6, 6.07) is 15.5. The summed E-state index contributed by atoms with van der Waals surface area (Å²) in [5.41, 5.74) is 3.36. The lowest BCUT2D eigenvalue weighted by Gasteiger charge is -2.48. The van der Waals surface area contributed by atoms with Crippen LogP contribution in [0.4, 0.5) is 0 Å². The molecule has 0 spiro atoms. The van der Waals surface area contributed by atoms with Gasteiger partial charge in [-0.3, -0.25) is 24.6 Å². The van der Waals surface area contributed by atoms with Crippen molar-refractivity contribution in [3.63, 3.8) is 0 Å². The number of likely N-dealkylation sites (tertiary alicyclic amines) is 1. The molecule has 2 aromatic carbocycles. The van der Waals surface area contributed by atoms with E-state index in [0.29, 0.717) is 30.5 Å². The fourth-order valence-electron chi connectivity index (χ4n) is 6.37. The summed E-state index contributed by atoms with van der Waals surface area (Å²) >= 11 is 0. The van der Waals surface area contributed by atoms with Gasteiger partial charge in [0.15, 0.2) is 0 Å². The van der Waals surface area contributed by atoms with Crippen molar-refractivity contribution in [3.05, 3.63) is 64.7 Å². The first-order chi connectivity index (χ1) is 18.0. The second-order valence-corrected chi connectivity index (χ2v) is 10.6. The molecular formula is C29H30N4O4. The van der Waals surface area contributed by atoms with Crippen LogP contribution in [0, 0.1) is 11.3 Å². The van der Waals surface area contributed by atoms with E-state index in [9.17, 15) is 19.6 Å². The SMILES string of the molecule is N#Cc1ccccc1C1CN([C@@H]2CCCC[C@H]2Oc2ccc3c(c2)CN([C@@H]2CCC(=O)NC2=O)C3=O)C1. The van der Waals surface area contributed by atoms with Gasteiger partial charge in [0.05, 0.1) is 11.6 Å². The van der Waals surface area contributed by atoms with E-state index in [1.54, 1.807) is 11.0 Å². The van der Waals surface area contributed by atoms with Crippen molar-refractivity contribution < 1.29 is 19.1 Å². The van der Waals surface area contributed by atoms with Gasteiger partial charge in [0.1, 0.15) is 17.9 Å². The third-order valence-corrected chi connectivity index (χ3v) is 8.35. The Labute approximate surface area is 216 Å². The lowest BCUT2D eigenvalue weighted by Crippen LogP contribution is -2.57. The second kappa shape index (κ2) is 9.64. The highest BCUT2D eigenvalue weighted by Crippen LogP contribution is 2.37. The number of hydrogen-bond acceptors (Lipinski definition) is 6. The van der Waals surface area contributed by atoms with Crippen LogP contribution in [-0.4, -0.2) is 58.8 Å². The van der Waals surface area contributed by atoms with E-state index < -0.39 is 11.9 Å². The molecule has 3 aliphatic heterocycles. The molecule has 8 heteroatoms. The van der Waals surface area contributed by atoms with Crippen LogP contribution in [0.3, 0.4) is 0 Å². The van der Waals surface area contributed by atoms with Crippen LogP contribution in [0.25, 0.3) is 0 Å². The Morgan fingerprint density at radius 2 is 1.81 bits per heavy atom. The summed E-state index contributed by atoms with van der Waals surface area (Å²) in [6.07, 6.45) is 5.05. The summed E-state index contributed by atoms with van der Waals surface area (Å²) in [7, 11) is 0. The van der Waals surface area contributed by atoms with Crippen LogP contribution in [0.1, 0.15) is 71.5 Å². The average Bonchev–Trinajstić information content (AvgIpc) is 3.20. The highest BCUT2D eigenvalue weighted by atomic mass is 16.5. The highest BCUT2D eigenvalue weighted by Gasteiger charge is 2.41. The number of amides is 3. The summed E-state index contributed by atoms with van der Waals surface area (Å²) in [6.45, 7) is 2.21. The van der Waals surface area contributed by atoms with E-state index in [1.807, 2.05) is 30.3 Å². The number of piperidine rings is 1. The van der Waals surface area contributed by atoms with Crippen molar-refractivity contribution in [2.45, 2.75) is 69.2 Å². The van der Waals surface area contributed by atoms with Gasteiger partial charge >= 0.3 is 0 Å². The largest absolute Gasteiger partial charge is 0.489 e. The lowest BCUT2D eigenvalue weighted by molar-refractivity contribution is -0.136. The maximum absolute atomic E-state index is 13.0. The van der Waals surface area contributed by atoms with Gasteiger partial charge in [0.25, 0.3) is 5.91 Å². The molecule has 1 aliphatic carbocycles. The average molecular weight is 499 g/mol. The Bertz CT molecular complexity index is 1300. The smallest absolute Gasteiger partial charge is 0.255 e. The summed E-state index contributed by atoms with van der Waals surface area (Å²) in [5.74, 6) is 0.272. The molecule has 0 bridgehead atoms. The number of nitrogens with zero attached hydrogens (tertiary/aromatic N) is 3. The number of carbonyl (C=O) groups excluding carboxylic acids is 3. The van der Waals surface area contributed by atoms with Gasteiger partial charge < -0.3 is 9.64 Å². The van der Waals surface area contributed by atoms with Crippen LogP contribution in [0.5, 0.6) is 5.75 Å². The number of imide groups is 1. The molecule has 0 unspecified atom stereocenters. The first-order valence-corrected chi connectivity index (χ1v) is 13.2. The zero-order valence-electron chi connectivity index (χ0n) is 20.7. The van der Waals surface area contributed by atoms with Crippen molar-refractivity contribution in [1.82, 2.24) is 15.1 Å². The Hall–Kier alpha value is -3.70. The van der Waals surface area contributed by atoms with Gasteiger partial charge in [-0.25, -0.2) is 0 Å². The molecule has 1 N–H and O–H groups in total. The van der Waals surface area contributed by atoms with Crippen LogP contribution >= 0.6 is 0 Å². The monoisotopic (exact) mass is 498 g/mol. The van der Waals surface area contributed by atoms with Crippen molar-refractivity contribution in [1.29, 1.82) is 5.26 Å². The number of benzene rings is 2. The van der Waals surface area contributed by atoms with Gasteiger partial charge in [-0.2, -0.15) is 5.26 Å². The molecule has 3 atom stereocenters. The molecule has 1 saturated carbocycles. The quantitative estimate of drug-likeness (QED) is 0.636. The summed E-state index contributed by atoms with van der Waals surface area (Å²) in [5, 5.41) is 11.8. The van der Waals surface area contributed by atoms with E-state index in [4.69, 9.17) is 4.74 Å². The highest BCUT2D eigenvalue weighted by molar-refractivity contribution is 6.05. The first kappa shape index (κ1) is 23.7. The molecule has 190 valence electrons. The summed E-state index contributed by atoms with van der Waals surface area (Å²) in [4.78, 5) is 40.9. The molecule has 8 nitrogen and oxygen atoms in total. The molecule has 2 saturated heterocycles. The fourth-order valence-corrected chi connectivity index (χ4v) is 6.37. The third-order valence-electron chi connectivity index (χ3n) is 8.35. The van der Waals surface area contributed by atoms with Gasteiger partial charge in [0, 0.05) is 43.6 Å². The summed E-state index contributed by atoms with van der Waals surface area (Å²) < 4.78 is 6.54. The molecule has 3 amide bonds. The molecule has 6 rings (SSSR count). The fraction of sp³-hybridized carbons (Fsp3) is 0.448. The maximum Gasteiger partial charge on any atom is 0.255 e.